The van der Waals surface area contributed by atoms with Crippen molar-refractivity contribution in [3.63, 3.8) is 0 Å². The first-order valence-electron chi connectivity index (χ1n) is 10.1. The maximum atomic E-state index is 13.2. The normalized spacial score (nSPS) is 13.3. The average Bonchev–Trinajstić information content (AvgIpc) is 3.09. The van der Waals surface area contributed by atoms with Crippen molar-refractivity contribution in [3.05, 3.63) is 75.8 Å². The molecule has 0 bridgehead atoms. The van der Waals surface area contributed by atoms with Crippen LogP contribution < -0.4 is 9.47 Å². The molecule has 1 amide bonds. The fourth-order valence-corrected chi connectivity index (χ4v) is 4.12. The monoisotopic (exact) mass is 455 g/mol. The van der Waals surface area contributed by atoms with Gasteiger partial charge in [0.2, 0.25) is 5.91 Å². The molecule has 6 nitrogen and oxygen atoms in total. The van der Waals surface area contributed by atoms with Gasteiger partial charge in [-0.2, -0.15) is 5.10 Å². The summed E-state index contributed by atoms with van der Waals surface area (Å²) in [6, 6.07) is 9.78. The first-order valence-corrected chi connectivity index (χ1v) is 10.5. The van der Waals surface area contributed by atoms with Crippen LogP contribution in [0.3, 0.4) is 0 Å². The maximum absolute atomic E-state index is 13.2. The minimum absolute atomic E-state index is 0.115. The number of aryl methyl sites for hydroxylation is 1. The van der Waals surface area contributed by atoms with Crippen LogP contribution in [-0.2, 0) is 17.8 Å². The van der Waals surface area contributed by atoms with E-state index in [1.54, 1.807) is 37.3 Å². The molecule has 0 spiro atoms. The molecule has 0 radical (unpaired) electrons. The Hall–Kier alpha value is -3.32. The van der Waals surface area contributed by atoms with Gasteiger partial charge in [-0.05, 0) is 66.9 Å². The molecule has 1 aliphatic rings. The van der Waals surface area contributed by atoms with Gasteiger partial charge in [-0.3, -0.25) is 4.79 Å². The zero-order valence-electron chi connectivity index (χ0n) is 18.1. The van der Waals surface area contributed by atoms with Crippen molar-refractivity contribution in [3.8, 4) is 17.2 Å². The molecule has 8 heteroatoms. The molecule has 0 aliphatic carbocycles. The predicted octanol–water partition coefficient (Wildman–Crippen LogP) is 4.59. The first kappa shape index (κ1) is 21.9. The number of hydrogen-bond acceptors (Lipinski definition) is 4. The highest BCUT2D eigenvalue weighted by Crippen LogP contribution is 2.33. The molecular weight excluding hydrogens is 433 g/mol. The molecule has 0 N–H and O–H groups in total. The lowest BCUT2D eigenvalue weighted by atomic mass is 9.98. The van der Waals surface area contributed by atoms with E-state index in [9.17, 15) is 9.18 Å². The fraction of sp³-hybridized carbons (Fsp3) is 0.250. The number of carbonyl (C=O) groups is 1. The number of aromatic nitrogens is 2. The lowest BCUT2D eigenvalue weighted by Crippen LogP contribution is -2.34. The third-order valence-corrected chi connectivity index (χ3v) is 5.91. The number of nitrogens with zero attached hydrogens (tertiary/aromatic N) is 3. The standard InChI is InChI=1S/C24H23ClFN3O3/c1-15-20(24(25)29(27-15)19-6-4-18(26)5-7-19)8-9-23(30)28-11-10-16-12-21(31-2)22(32-3)13-17(16)14-28/h4-9,12-13H,10-11,14H2,1-3H3. The van der Waals surface area contributed by atoms with E-state index in [4.69, 9.17) is 21.1 Å². The molecule has 2 heterocycles. The van der Waals surface area contributed by atoms with Crippen LogP contribution in [0.5, 0.6) is 11.5 Å². The molecule has 0 atom stereocenters. The summed E-state index contributed by atoms with van der Waals surface area (Å²) < 4.78 is 25.5. The van der Waals surface area contributed by atoms with Gasteiger partial charge in [-0.1, -0.05) is 11.6 Å². The molecule has 2 aromatic carbocycles. The number of amides is 1. The van der Waals surface area contributed by atoms with Crippen LogP contribution in [0.2, 0.25) is 5.15 Å². The van der Waals surface area contributed by atoms with Gasteiger partial charge in [0.15, 0.2) is 11.5 Å². The van der Waals surface area contributed by atoms with E-state index in [0.717, 1.165) is 17.5 Å². The largest absolute Gasteiger partial charge is 0.493 e. The van der Waals surface area contributed by atoms with E-state index in [1.165, 1.54) is 22.9 Å². The quantitative estimate of drug-likeness (QED) is 0.528. The van der Waals surface area contributed by atoms with Gasteiger partial charge in [-0.25, -0.2) is 9.07 Å². The molecule has 1 aliphatic heterocycles. The summed E-state index contributed by atoms with van der Waals surface area (Å²) in [5.41, 5.74) is 4.14. The minimum atomic E-state index is -0.335. The van der Waals surface area contributed by atoms with Crippen molar-refractivity contribution >= 4 is 23.6 Å². The van der Waals surface area contributed by atoms with Gasteiger partial charge in [0.05, 0.1) is 25.6 Å². The Balaban J connectivity index is 1.53. The molecule has 0 saturated heterocycles. The van der Waals surface area contributed by atoms with Crippen LogP contribution in [-0.4, -0.2) is 41.4 Å². The number of rotatable bonds is 5. The predicted molar refractivity (Wildman–Crippen MR) is 121 cm³/mol. The first-order chi connectivity index (χ1) is 15.4. The molecule has 166 valence electrons. The third-order valence-electron chi connectivity index (χ3n) is 5.54. The smallest absolute Gasteiger partial charge is 0.246 e. The summed E-state index contributed by atoms with van der Waals surface area (Å²) in [4.78, 5) is 14.6. The Bertz CT molecular complexity index is 1190. The highest BCUT2D eigenvalue weighted by Gasteiger charge is 2.22. The molecule has 0 fully saturated rings. The number of halogens is 2. The van der Waals surface area contributed by atoms with Crippen molar-refractivity contribution in [2.24, 2.45) is 0 Å². The maximum Gasteiger partial charge on any atom is 0.246 e. The summed E-state index contributed by atoms with van der Waals surface area (Å²) in [6.07, 6.45) is 3.92. The van der Waals surface area contributed by atoms with Crippen molar-refractivity contribution in [1.82, 2.24) is 14.7 Å². The lowest BCUT2D eigenvalue weighted by Gasteiger charge is -2.28. The van der Waals surface area contributed by atoms with Crippen LogP contribution in [0.4, 0.5) is 4.39 Å². The van der Waals surface area contributed by atoms with Crippen molar-refractivity contribution in [1.29, 1.82) is 0 Å². The highest BCUT2D eigenvalue weighted by atomic mass is 35.5. The Kier molecular flexibility index (Phi) is 6.19. The zero-order chi connectivity index (χ0) is 22.8. The van der Waals surface area contributed by atoms with E-state index in [2.05, 4.69) is 5.10 Å². The van der Waals surface area contributed by atoms with Crippen LogP contribution in [0.1, 0.15) is 22.4 Å². The zero-order valence-corrected chi connectivity index (χ0v) is 18.8. The second-order valence-electron chi connectivity index (χ2n) is 7.50. The third kappa shape index (κ3) is 4.21. The van der Waals surface area contributed by atoms with E-state index >= 15 is 0 Å². The average molecular weight is 456 g/mol. The molecule has 3 aromatic rings. The Morgan fingerprint density at radius 1 is 1.12 bits per heavy atom. The number of benzene rings is 2. The molecular formula is C24H23ClFN3O3. The second-order valence-corrected chi connectivity index (χ2v) is 7.86. The lowest BCUT2D eigenvalue weighted by molar-refractivity contribution is -0.126. The van der Waals surface area contributed by atoms with Crippen molar-refractivity contribution in [2.75, 3.05) is 20.8 Å². The molecule has 1 aromatic heterocycles. The molecule has 32 heavy (non-hydrogen) atoms. The SMILES string of the molecule is COc1cc2c(cc1OC)CN(C(=O)C=Cc1c(C)nn(-c3ccc(F)cc3)c1Cl)CC2. The number of methoxy groups -OCH3 is 2. The Labute approximate surface area is 190 Å². The van der Waals surface area contributed by atoms with Gasteiger partial charge in [0.25, 0.3) is 0 Å². The molecule has 4 rings (SSSR count). The topological polar surface area (TPSA) is 56.6 Å². The Morgan fingerprint density at radius 3 is 2.44 bits per heavy atom. The van der Waals surface area contributed by atoms with E-state index < -0.39 is 0 Å². The van der Waals surface area contributed by atoms with Crippen LogP contribution >= 0.6 is 11.6 Å². The number of fused-ring (bicyclic) bond motifs is 1. The highest BCUT2D eigenvalue weighted by molar-refractivity contribution is 6.31. The van der Waals surface area contributed by atoms with E-state index in [-0.39, 0.29) is 11.7 Å². The van der Waals surface area contributed by atoms with E-state index in [0.29, 0.717) is 46.7 Å². The molecule has 0 unspecified atom stereocenters. The van der Waals surface area contributed by atoms with Crippen LogP contribution in [0.15, 0.2) is 42.5 Å². The van der Waals surface area contributed by atoms with Gasteiger partial charge < -0.3 is 14.4 Å². The number of hydrogen-bond donors (Lipinski definition) is 0. The van der Waals surface area contributed by atoms with Crippen LogP contribution in [0, 0.1) is 12.7 Å². The Morgan fingerprint density at radius 2 is 1.78 bits per heavy atom. The second kappa shape index (κ2) is 9.04. The summed E-state index contributed by atoms with van der Waals surface area (Å²) in [5, 5.41) is 4.79. The fourth-order valence-electron chi connectivity index (χ4n) is 3.79. The number of carbonyl (C=O) groups excluding carboxylic acids is 1. The summed E-state index contributed by atoms with van der Waals surface area (Å²) in [7, 11) is 3.20. The summed E-state index contributed by atoms with van der Waals surface area (Å²) in [6.45, 7) is 2.90. The molecule has 0 saturated carbocycles. The summed E-state index contributed by atoms with van der Waals surface area (Å²) >= 11 is 6.51. The van der Waals surface area contributed by atoms with Gasteiger partial charge in [-0.15, -0.1) is 0 Å². The number of ether oxygens (including phenoxy) is 2. The van der Waals surface area contributed by atoms with Gasteiger partial charge >= 0.3 is 0 Å². The van der Waals surface area contributed by atoms with Crippen molar-refractivity contribution < 1.29 is 18.7 Å². The summed E-state index contributed by atoms with van der Waals surface area (Å²) in [5.74, 6) is 0.884. The van der Waals surface area contributed by atoms with Gasteiger partial charge in [0, 0.05) is 24.7 Å². The van der Waals surface area contributed by atoms with Crippen molar-refractivity contribution in [2.45, 2.75) is 19.9 Å². The van der Waals surface area contributed by atoms with Crippen LogP contribution in [0.25, 0.3) is 11.8 Å². The van der Waals surface area contributed by atoms with Gasteiger partial charge in [0.1, 0.15) is 11.0 Å². The minimum Gasteiger partial charge on any atom is -0.493 e. The van der Waals surface area contributed by atoms with E-state index in [1.807, 2.05) is 19.1 Å².